The number of rotatable bonds is 4. The Morgan fingerprint density at radius 2 is 2.04 bits per heavy atom. The van der Waals surface area contributed by atoms with Crippen LogP contribution in [0.3, 0.4) is 0 Å². The molecular formula is C16H14ClN3O3. The monoisotopic (exact) mass is 331 g/mol. The number of carboxylic acids is 1. The molecule has 6 nitrogen and oxygen atoms in total. The molecule has 0 saturated carbocycles. The summed E-state index contributed by atoms with van der Waals surface area (Å²) in [6.45, 7) is 2.15. The molecule has 0 aliphatic carbocycles. The number of pyridine rings is 1. The lowest BCUT2D eigenvalue weighted by molar-refractivity contribution is 0.0691. The van der Waals surface area contributed by atoms with Crippen LogP contribution in [0.15, 0.2) is 35.1 Å². The number of hydrogen-bond acceptors (Lipinski definition) is 3. The van der Waals surface area contributed by atoms with Crippen LogP contribution in [0.1, 0.15) is 21.6 Å². The molecule has 23 heavy (non-hydrogen) atoms. The molecule has 0 bridgehead atoms. The maximum atomic E-state index is 11.7. The number of benzene rings is 1. The van der Waals surface area contributed by atoms with Gasteiger partial charge in [0.25, 0.3) is 0 Å². The third-order valence-corrected chi connectivity index (χ3v) is 3.92. The van der Waals surface area contributed by atoms with E-state index in [9.17, 15) is 14.7 Å². The molecule has 0 fully saturated rings. The van der Waals surface area contributed by atoms with E-state index in [0.29, 0.717) is 34.6 Å². The van der Waals surface area contributed by atoms with E-state index in [-0.39, 0.29) is 11.3 Å². The molecule has 0 spiro atoms. The number of aryl methyl sites for hydroxylation is 3. The van der Waals surface area contributed by atoms with Crippen molar-refractivity contribution in [2.24, 2.45) is 0 Å². The Balaban J connectivity index is 2.01. The van der Waals surface area contributed by atoms with Crippen molar-refractivity contribution in [3.05, 3.63) is 62.5 Å². The second-order valence-corrected chi connectivity index (χ2v) is 5.73. The van der Waals surface area contributed by atoms with Gasteiger partial charge in [0.15, 0.2) is 5.69 Å². The number of H-pyrrole nitrogens is 1. The third kappa shape index (κ3) is 2.98. The molecule has 118 valence electrons. The number of carbonyl (C=O) groups is 1. The fourth-order valence-corrected chi connectivity index (χ4v) is 2.71. The SMILES string of the molecule is Cc1cc(=O)[nH]c2c1c(C(=O)O)nn2CCc1ccc(Cl)cc1. The van der Waals surface area contributed by atoms with E-state index >= 15 is 0 Å². The van der Waals surface area contributed by atoms with Gasteiger partial charge in [0.1, 0.15) is 5.65 Å². The van der Waals surface area contributed by atoms with Gasteiger partial charge in [-0.25, -0.2) is 9.48 Å². The minimum absolute atomic E-state index is 0.0511. The lowest BCUT2D eigenvalue weighted by atomic mass is 10.1. The van der Waals surface area contributed by atoms with Crippen LogP contribution in [0.4, 0.5) is 0 Å². The number of hydrogen-bond donors (Lipinski definition) is 2. The van der Waals surface area contributed by atoms with Crippen LogP contribution < -0.4 is 5.56 Å². The quantitative estimate of drug-likeness (QED) is 0.769. The average Bonchev–Trinajstić information content (AvgIpc) is 2.86. The number of nitrogens with one attached hydrogen (secondary N) is 1. The van der Waals surface area contributed by atoms with Gasteiger partial charge >= 0.3 is 5.97 Å². The third-order valence-electron chi connectivity index (χ3n) is 3.66. The second kappa shape index (κ2) is 5.89. The van der Waals surface area contributed by atoms with Crippen molar-refractivity contribution in [3.63, 3.8) is 0 Å². The summed E-state index contributed by atoms with van der Waals surface area (Å²) in [5.74, 6) is -1.12. The number of aromatic amines is 1. The van der Waals surface area contributed by atoms with Crippen molar-refractivity contribution >= 4 is 28.6 Å². The molecule has 2 aromatic heterocycles. The highest BCUT2D eigenvalue weighted by Crippen LogP contribution is 2.20. The Morgan fingerprint density at radius 1 is 1.35 bits per heavy atom. The maximum Gasteiger partial charge on any atom is 0.357 e. The minimum atomic E-state index is -1.12. The van der Waals surface area contributed by atoms with E-state index in [1.165, 1.54) is 10.7 Å². The molecule has 0 unspecified atom stereocenters. The van der Waals surface area contributed by atoms with Crippen molar-refractivity contribution in [2.75, 3.05) is 0 Å². The maximum absolute atomic E-state index is 11.7. The van der Waals surface area contributed by atoms with E-state index in [1.807, 2.05) is 12.1 Å². The van der Waals surface area contributed by atoms with Crippen LogP contribution in [0.25, 0.3) is 11.0 Å². The first-order valence-corrected chi connectivity index (χ1v) is 7.41. The molecule has 1 aromatic carbocycles. The van der Waals surface area contributed by atoms with Crippen LogP contribution in [0, 0.1) is 6.92 Å². The predicted molar refractivity (Wildman–Crippen MR) is 87.2 cm³/mol. The standard InChI is InChI=1S/C16H14ClN3O3/c1-9-8-12(21)18-15-13(9)14(16(22)23)19-20(15)7-6-10-2-4-11(17)5-3-10/h2-5,8H,6-7H2,1H3,(H,18,21)(H,22,23). The van der Waals surface area contributed by atoms with Gasteiger partial charge < -0.3 is 10.1 Å². The molecular weight excluding hydrogens is 318 g/mol. The van der Waals surface area contributed by atoms with Gasteiger partial charge in [0.2, 0.25) is 5.56 Å². The first-order chi connectivity index (χ1) is 11.0. The molecule has 3 rings (SSSR count). The Morgan fingerprint density at radius 3 is 2.70 bits per heavy atom. The normalized spacial score (nSPS) is 11.0. The molecule has 0 saturated heterocycles. The first kappa shape index (κ1) is 15.3. The highest BCUT2D eigenvalue weighted by molar-refractivity contribution is 6.30. The van der Waals surface area contributed by atoms with Gasteiger partial charge in [-0.15, -0.1) is 0 Å². The number of nitrogens with zero attached hydrogens (tertiary/aromatic N) is 2. The highest BCUT2D eigenvalue weighted by Gasteiger charge is 2.19. The number of fused-ring (bicyclic) bond motifs is 1. The lowest BCUT2D eigenvalue weighted by Gasteiger charge is -2.04. The molecule has 3 aromatic rings. The van der Waals surface area contributed by atoms with Gasteiger partial charge in [-0.2, -0.15) is 5.10 Å². The Labute approximate surface area is 136 Å². The minimum Gasteiger partial charge on any atom is -0.476 e. The molecule has 2 heterocycles. The number of halogens is 1. The summed E-state index contributed by atoms with van der Waals surface area (Å²) in [5.41, 5.74) is 1.75. The predicted octanol–water partition coefficient (Wildman–Crippen LogP) is 2.63. The number of aromatic carboxylic acids is 1. The molecule has 0 atom stereocenters. The van der Waals surface area contributed by atoms with E-state index in [0.717, 1.165) is 5.56 Å². The van der Waals surface area contributed by atoms with Crippen molar-refractivity contribution < 1.29 is 9.90 Å². The van der Waals surface area contributed by atoms with Crippen LogP contribution >= 0.6 is 11.6 Å². The van der Waals surface area contributed by atoms with E-state index < -0.39 is 5.97 Å². The van der Waals surface area contributed by atoms with Crippen molar-refractivity contribution in [1.29, 1.82) is 0 Å². The van der Waals surface area contributed by atoms with E-state index in [2.05, 4.69) is 10.1 Å². The molecule has 0 aliphatic rings. The second-order valence-electron chi connectivity index (χ2n) is 5.29. The van der Waals surface area contributed by atoms with E-state index in [1.54, 1.807) is 19.1 Å². The zero-order valence-corrected chi connectivity index (χ0v) is 13.1. The molecule has 7 heteroatoms. The molecule has 2 N–H and O–H groups in total. The van der Waals surface area contributed by atoms with Crippen molar-refractivity contribution in [2.45, 2.75) is 19.9 Å². The zero-order chi connectivity index (χ0) is 16.6. The largest absolute Gasteiger partial charge is 0.476 e. The average molecular weight is 332 g/mol. The first-order valence-electron chi connectivity index (χ1n) is 7.04. The fraction of sp³-hybridized carbons (Fsp3) is 0.188. The highest BCUT2D eigenvalue weighted by atomic mass is 35.5. The number of carboxylic acid groups (broad SMARTS) is 1. The topological polar surface area (TPSA) is 88.0 Å². The van der Waals surface area contributed by atoms with Gasteiger partial charge in [0, 0.05) is 17.6 Å². The van der Waals surface area contributed by atoms with E-state index in [4.69, 9.17) is 11.6 Å². The Bertz CT molecular complexity index is 942. The Hall–Kier alpha value is -2.60. The fourth-order valence-electron chi connectivity index (χ4n) is 2.58. The van der Waals surface area contributed by atoms with Gasteiger partial charge in [-0.05, 0) is 36.6 Å². The summed E-state index contributed by atoms with van der Waals surface area (Å²) >= 11 is 5.86. The van der Waals surface area contributed by atoms with Crippen LogP contribution in [0.2, 0.25) is 5.02 Å². The van der Waals surface area contributed by atoms with Crippen LogP contribution in [-0.2, 0) is 13.0 Å². The summed E-state index contributed by atoms with van der Waals surface area (Å²) < 4.78 is 1.53. The summed E-state index contributed by atoms with van der Waals surface area (Å²) in [7, 11) is 0. The van der Waals surface area contributed by atoms with Crippen molar-refractivity contribution in [1.82, 2.24) is 14.8 Å². The van der Waals surface area contributed by atoms with Gasteiger partial charge in [-0.3, -0.25) is 4.79 Å². The Kier molecular flexibility index (Phi) is 3.92. The zero-order valence-electron chi connectivity index (χ0n) is 12.3. The summed E-state index contributed by atoms with van der Waals surface area (Å²) in [4.78, 5) is 25.8. The van der Waals surface area contributed by atoms with Gasteiger partial charge in [0.05, 0.1) is 5.39 Å². The van der Waals surface area contributed by atoms with Crippen LogP contribution in [0.5, 0.6) is 0 Å². The molecule has 0 aliphatic heterocycles. The van der Waals surface area contributed by atoms with Crippen molar-refractivity contribution in [3.8, 4) is 0 Å². The molecule has 0 amide bonds. The smallest absolute Gasteiger partial charge is 0.357 e. The lowest BCUT2D eigenvalue weighted by Crippen LogP contribution is -2.10. The van der Waals surface area contributed by atoms with Gasteiger partial charge in [-0.1, -0.05) is 23.7 Å². The number of aromatic nitrogens is 3. The summed E-state index contributed by atoms with van der Waals surface area (Å²) in [5, 5.41) is 14.6. The van der Waals surface area contributed by atoms with Crippen LogP contribution in [-0.4, -0.2) is 25.8 Å². The summed E-state index contributed by atoms with van der Waals surface area (Å²) in [6, 6.07) is 8.78. The summed E-state index contributed by atoms with van der Waals surface area (Å²) in [6.07, 6.45) is 0.642. The molecule has 0 radical (unpaired) electrons.